The van der Waals surface area contributed by atoms with Crippen LogP contribution in [0.2, 0.25) is 0 Å². The van der Waals surface area contributed by atoms with Crippen LogP contribution in [0, 0.1) is 6.92 Å². The van der Waals surface area contributed by atoms with Crippen LogP contribution in [-0.2, 0) is 24.5 Å². The summed E-state index contributed by atoms with van der Waals surface area (Å²) in [5.41, 5.74) is -0.334. The minimum Gasteiger partial charge on any atom is -0.445 e. The summed E-state index contributed by atoms with van der Waals surface area (Å²) in [6.07, 6.45) is 2.91. The van der Waals surface area contributed by atoms with E-state index in [0.29, 0.717) is 25.4 Å². The van der Waals surface area contributed by atoms with Crippen molar-refractivity contribution < 1.29 is 23.5 Å². The zero-order valence-electron chi connectivity index (χ0n) is 10.3. The Labute approximate surface area is 108 Å². The van der Waals surface area contributed by atoms with E-state index in [0.717, 1.165) is 12.2 Å². The molecule has 2 bridgehead atoms. The number of oxazole rings is 1. The summed E-state index contributed by atoms with van der Waals surface area (Å²) in [7, 11) is 0. The third-order valence-corrected chi connectivity index (χ3v) is 4.14. The first-order chi connectivity index (χ1) is 9.03. The van der Waals surface area contributed by atoms with Gasteiger partial charge in [0.25, 0.3) is 0 Å². The van der Waals surface area contributed by atoms with Crippen molar-refractivity contribution in [3.63, 3.8) is 0 Å². The van der Waals surface area contributed by atoms with E-state index in [2.05, 4.69) is 4.98 Å². The van der Waals surface area contributed by atoms with Crippen molar-refractivity contribution in [3.8, 4) is 0 Å². The van der Waals surface area contributed by atoms with Gasteiger partial charge in [-0.3, -0.25) is 0 Å². The fraction of sp³-hybridized carbons (Fsp3) is 0.583. The van der Waals surface area contributed by atoms with Crippen LogP contribution in [0.3, 0.4) is 0 Å². The molecule has 0 aliphatic carbocycles. The Kier molecular flexibility index (Phi) is 1.83. The van der Waals surface area contributed by atoms with Crippen molar-refractivity contribution in [1.29, 1.82) is 0 Å². The second kappa shape index (κ2) is 3.16. The van der Waals surface area contributed by atoms with Crippen molar-refractivity contribution in [2.75, 3.05) is 13.1 Å². The van der Waals surface area contributed by atoms with Gasteiger partial charge in [-0.2, -0.15) is 0 Å². The van der Waals surface area contributed by atoms with Crippen LogP contribution in [0.1, 0.15) is 24.5 Å². The predicted molar refractivity (Wildman–Crippen MR) is 58.6 cm³/mol. The molecule has 0 saturated carbocycles. The number of carbonyl (C=O) groups excluding carboxylic acids is 2. The van der Waals surface area contributed by atoms with E-state index < -0.39 is 17.8 Å². The summed E-state index contributed by atoms with van der Waals surface area (Å²) < 4.78 is 15.9. The number of hydrogen-bond donors (Lipinski definition) is 0. The molecule has 0 aromatic carbocycles. The first-order valence-electron chi connectivity index (χ1n) is 6.17. The quantitative estimate of drug-likeness (QED) is 0.525. The zero-order chi connectivity index (χ0) is 13.3. The third-order valence-electron chi connectivity index (χ3n) is 4.14. The predicted octanol–water partition coefficient (Wildman–Crippen LogP) is 0.0840. The molecule has 3 saturated heterocycles. The molecule has 7 heteroatoms. The molecule has 0 amide bonds. The van der Waals surface area contributed by atoms with Crippen molar-refractivity contribution >= 4 is 11.9 Å². The van der Waals surface area contributed by atoms with Crippen LogP contribution in [0.25, 0.3) is 0 Å². The molecule has 7 nitrogen and oxygen atoms in total. The van der Waals surface area contributed by atoms with Gasteiger partial charge in [0.1, 0.15) is 5.76 Å². The van der Waals surface area contributed by atoms with Gasteiger partial charge in [0.2, 0.25) is 5.89 Å². The molecule has 2 atom stereocenters. The first kappa shape index (κ1) is 11.0. The molecule has 4 heterocycles. The molecule has 100 valence electrons. The number of fused-ring (bicyclic) bond motifs is 3. The van der Waals surface area contributed by atoms with Crippen LogP contribution in [0.15, 0.2) is 10.6 Å². The monoisotopic (exact) mass is 264 g/mol. The van der Waals surface area contributed by atoms with E-state index in [-0.39, 0.29) is 5.41 Å². The van der Waals surface area contributed by atoms with E-state index >= 15 is 0 Å². The molecule has 0 radical (unpaired) electrons. The smallest absolute Gasteiger partial charge is 0.421 e. The van der Waals surface area contributed by atoms with E-state index in [1.165, 1.54) is 0 Å². The fourth-order valence-electron chi connectivity index (χ4n) is 3.29. The van der Waals surface area contributed by atoms with Crippen LogP contribution in [0.5, 0.6) is 0 Å². The molecule has 4 rings (SSSR count). The molecular weight excluding hydrogens is 252 g/mol. The summed E-state index contributed by atoms with van der Waals surface area (Å²) >= 11 is 0. The Morgan fingerprint density at radius 2 is 2.05 bits per heavy atom. The maximum absolute atomic E-state index is 11.3. The number of aromatic nitrogens is 1. The number of aryl methyl sites for hydroxylation is 1. The summed E-state index contributed by atoms with van der Waals surface area (Å²) in [6, 6.07) is 0. The highest BCUT2D eigenvalue weighted by Crippen LogP contribution is 2.53. The highest BCUT2D eigenvalue weighted by molar-refractivity contribution is 6.31. The Morgan fingerprint density at radius 1 is 1.32 bits per heavy atom. The van der Waals surface area contributed by atoms with Gasteiger partial charge >= 0.3 is 17.8 Å². The van der Waals surface area contributed by atoms with E-state index in [1.807, 2.05) is 11.8 Å². The van der Waals surface area contributed by atoms with Crippen molar-refractivity contribution in [3.05, 3.63) is 17.8 Å². The lowest BCUT2D eigenvalue weighted by atomic mass is 9.83. The average Bonchev–Trinajstić information content (AvgIpc) is 3.06. The number of nitrogens with zero attached hydrogens (tertiary/aromatic N) is 2. The van der Waals surface area contributed by atoms with Crippen molar-refractivity contribution in [1.82, 2.24) is 9.88 Å². The maximum atomic E-state index is 11.3. The van der Waals surface area contributed by atoms with E-state index in [9.17, 15) is 9.59 Å². The molecule has 3 aliphatic heterocycles. The van der Waals surface area contributed by atoms with Gasteiger partial charge in [-0.05, 0) is 13.3 Å². The summed E-state index contributed by atoms with van der Waals surface area (Å²) in [4.78, 5) is 28.7. The number of piperidine rings is 1. The molecular formula is C12H12N2O5. The molecule has 19 heavy (non-hydrogen) atoms. The lowest BCUT2D eigenvalue weighted by Crippen LogP contribution is -2.47. The standard InChI is InChI=1S/C12H12N2O5/c1-7-4-13-10(17-7)11-2-3-14(6-11)12(5-11)18-8(15)9(16)19-12/h4H,2-3,5-6H2,1H3. The van der Waals surface area contributed by atoms with Crippen LogP contribution in [-0.4, -0.2) is 40.8 Å². The van der Waals surface area contributed by atoms with Crippen LogP contribution in [0.4, 0.5) is 0 Å². The highest BCUT2D eigenvalue weighted by Gasteiger charge is 2.68. The summed E-state index contributed by atoms with van der Waals surface area (Å²) in [5, 5.41) is 0. The fourth-order valence-corrected chi connectivity index (χ4v) is 3.29. The topological polar surface area (TPSA) is 81.9 Å². The van der Waals surface area contributed by atoms with Crippen LogP contribution >= 0.6 is 0 Å². The average molecular weight is 264 g/mol. The Balaban J connectivity index is 1.72. The van der Waals surface area contributed by atoms with Gasteiger partial charge < -0.3 is 13.9 Å². The Morgan fingerprint density at radius 3 is 2.68 bits per heavy atom. The second-order valence-corrected chi connectivity index (χ2v) is 5.40. The molecule has 3 fully saturated rings. The molecule has 1 spiro atoms. The van der Waals surface area contributed by atoms with Gasteiger partial charge in [0.05, 0.1) is 18.0 Å². The molecule has 0 N–H and O–H groups in total. The van der Waals surface area contributed by atoms with Gasteiger partial charge in [0, 0.05) is 13.1 Å². The van der Waals surface area contributed by atoms with Gasteiger partial charge in [-0.15, -0.1) is 0 Å². The van der Waals surface area contributed by atoms with Crippen LogP contribution < -0.4 is 0 Å². The first-order valence-corrected chi connectivity index (χ1v) is 6.17. The number of esters is 2. The Bertz CT molecular complexity index is 579. The molecule has 1 aromatic rings. The van der Waals surface area contributed by atoms with Crippen molar-refractivity contribution in [2.45, 2.75) is 31.1 Å². The SMILES string of the molecule is Cc1cnc(C23CCN(C2)C2(C3)OC(=O)C(=O)O2)o1. The van der Waals surface area contributed by atoms with Gasteiger partial charge in [-0.25, -0.2) is 19.5 Å². The lowest BCUT2D eigenvalue weighted by Gasteiger charge is -2.33. The molecule has 3 aliphatic rings. The largest absolute Gasteiger partial charge is 0.445 e. The maximum Gasteiger partial charge on any atom is 0.421 e. The minimum absolute atomic E-state index is 0.334. The number of rotatable bonds is 1. The number of hydrogen-bond acceptors (Lipinski definition) is 7. The Hall–Kier alpha value is -1.89. The highest BCUT2D eigenvalue weighted by atomic mass is 16.8. The number of ether oxygens (including phenoxy) is 2. The van der Waals surface area contributed by atoms with E-state index in [1.54, 1.807) is 6.20 Å². The van der Waals surface area contributed by atoms with Crippen molar-refractivity contribution in [2.24, 2.45) is 0 Å². The molecule has 1 aromatic heterocycles. The normalized spacial score (nSPS) is 34.9. The minimum atomic E-state index is -1.24. The number of carbonyl (C=O) groups is 2. The zero-order valence-corrected chi connectivity index (χ0v) is 10.3. The molecule has 2 unspecified atom stereocenters. The summed E-state index contributed by atoms with van der Waals surface area (Å²) in [5.74, 6) is -1.72. The van der Waals surface area contributed by atoms with Gasteiger partial charge in [0.15, 0.2) is 0 Å². The van der Waals surface area contributed by atoms with E-state index in [4.69, 9.17) is 13.9 Å². The van der Waals surface area contributed by atoms with Gasteiger partial charge in [-0.1, -0.05) is 0 Å². The summed E-state index contributed by atoms with van der Waals surface area (Å²) in [6.45, 7) is 3.13. The second-order valence-electron chi connectivity index (χ2n) is 5.40. The lowest BCUT2D eigenvalue weighted by molar-refractivity contribution is -0.240. The third kappa shape index (κ3) is 1.28.